The molecule has 1 rings (SSSR count). The number of nitrogens with zero attached hydrogens (tertiary/aromatic N) is 3. The molecule has 0 spiro atoms. The molecule has 0 radical (unpaired) electrons. The van der Waals surface area contributed by atoms with Crippen molar-refractivity contribution in [2.24, 2.45) is 10.7 Å². The lowest BCUT2D eigenvalue weighted by Gasteiger charge is -2.33. The van der Waals surface area contributed by atoms with Crippen LogP contribution in [0.2, 0.25) is 0 Å². The average Bonchev–Trinajstić information content (AvgIpc) is 2.54. The van der Waals surface area contributed by atoms with Crippen molar-refractivity contribution < 1.29 is 0 Å². The summed E-state index contributed by atoms with van der Waals surface area (Å²) in [5.41, 5.74) is 5.91. The van der Waals surface area contributed by atoms with Gasteiger partial charge in [-0.2, -0.15) is 0 Å². The Morgan fingerprint density at radius 3 is 2.27 bits per heavy atom. The van der Waals surface area contributed by atoms with Gasteiger partial charge in [-0.05, 0) is 13.0 Å². The van der Waals surface area contributed by atoms with Crippen LogP contribution in [0.4, 0.5) is 0 Å². The predicted molar refractivity (Wildman–Crippen MR) is 96.4 cm³/mol. The number of hydrogen-bond donors (Lipinski definition) is 2. The van der Waals surface area contributed by atoms with E-state index < -0.39 is 0 Å². The van der Waals surface area contributed by atoms with Crippen LogP contribution in [0.3, 0.4) is 0 Å². The molecule has 0 atom stereocenters. The molecule has 0 amide bonds. The number of guanidine groups is 1. The third-order valence-corrected chi connectivity index (χ3v) is 4.44. The summed E-state index contributed by atoms with van der Waals surface area (Å²) in [6, 6.07) is 0. The minimum atomic E-state index is 0.612. The summed E-state index contributed by atoms with van der Waals surface area (Å²) in [7, 11) is 0. The molecule has 0 aromatic rings. The zero-order valence-corrected chi connectivity index (χ0v) is 14.8. The van der Waals surface area contributed by atoms with Crippen LogP contribution in [-0.4, -0.2) is 68.1 Å². The Kier molecular flexibility index (Phi) is 11.1. The van der Waals surface area contributed by atoms with Crippen molar-refractivity contribution in [2.45, 2.75) is 52.4 Å². The highest BCUT2D eigenvalue weighted by Gasteiger charge is 2.14. The van der Waals surface area contributed by atoms with Crippen LogP contribution in [0, 0.1) is 0 Å². The van der Waals surface area contributed by atoms with Gasteiger partial charge in [0.05, 0.1) is 0 Å². The first-order valence-electron chi connectivity index (χ1n) is 9.24. The maximum absolute atomic E-state index is 5.91. The van der Waals surface area contributed by atoms with Gasteiger partial charge in [-0.15, -0.1) is 0 Å². The molecule has 0 aromatic carbocycles. The number of nitrogens with two attached hydrogens (primary N) is 1. The van der Waals surface area contributed by atoms with Gasteiger partial charge in [0.15, 0.2) is 5.96 Å². The van der Waals surface area contributed by atoms with Gasteiger partial charge in [0.25, 0.3) is 0 Å². The third-order valence-electron chi connectivity index (χ3n) is 4.44. The van der Waals surface area contributed by atoms with Crippen molar-refractivity contribution in [1.82, 2.24) is 15.1 Å². The molecule has 0 unspecified atom stereocenters. The van der Waals surface area contributed by atoms with Crippen LogP contribution in [0.25, 0.3) is 0 Å². The van der Waals surface area contributed by atoms with E-state index in [9.17, 15) is 0 Å². The molecule has 1 aliphatic heterocycles. The van der Waals surface area contributed by atoms with E-state index in [-0.39, 0.29) is 0 Å². The van der Waals surface area contributed by atoms with Crippen molar-refractivity contribution in [2.75, 3.05) is 52.4 Å². The molecule has 0 saturated carbocycles. The number of rotatable bonds is 11. The molecule has 1 saturated heterocycles. The number of piperazine rings is 1. The number of hydrogen-bond acceptors (Lipinski definition) is 3. The minimum Gasteiger partial charge on any atom is -0.370 e. The molecule has 3 N–H and O–H groups in total. The second-order valence-corrected chi connectivity index (χ2v) is 6.24. The monoisotopic (exact) mass is 311 g/mol. The van der Waals surface area contributed by atoms with Gasteiger partial charge in [0, 0.05) is 45.8 Å². The fourth-order valence-corrected chi connectivity index (χ4v) is 2.82. The molecule has 1 fully saturated rings. The number of unbranched alkanes of at least 4 members (excludes halogenated alkanes) is 5. The molecule has 0 aliphatic carbocycles. The lowest BCUT2D eigenvalue weighted by molar-refractivity contribution is 0.139. The summed E-state index contributed by atoms with van der Waals surface area (Å²) in [5, 5.41) is 3.24. The van der Waals surface area contributed by atoms with Gasteiger partial charge in [-0.1, -0.05) is 46.0 Å². The van der Waals surface area contributed by atoms with Crippen molar-refractivity contribution in [3.8, 4) is 0 Å². The Morgan fingerprint density at radius 1 is 0.955 bits per heavy atom. The molecule has 1 aliphatic rings. The maximum Gasteiger partial charge on any atom is 0.188 e. The quantitative estimate of drug-likeness (QED) is 0.347. The second-order valence-electron chi connectivity index (χ2n) is 6.24. The van der Waals surface area contributed by atoms with Gasteiger partial charge in [0.1, 0.15) is 0 Å². The predicted octanol–water partition coefficient (Wildman–Crippen LogP) is 1.89. The van der Waals surface area contributed by atoms with Gasteiger partial charge in [-0.3, -0.25) is 9.89 Å². The van der Waals surface area contributed by atoms with E-state index in [1.54, 1.807) is 0 Å². The van der Waals surface area contributed by atoms with Crippen LogP contribution in [-0.2, 0) is 0 Å². The summed E-state index contributed by atoms with van der Waals surface area (Å²) in [6.45, 7) is 13.2. The van der Waals surface area contributed by atoms with Crippen LogP contribution in [0.1, 0.15) is 52.4 Å². The van der Waals surface area contributed by atoms with Gasteiger partial charge in [-0.25, -0.2) is 0 Å². The fraction of sp³-hybridized carbons (Fsp3) is 0.941. The minimum absolute atomic E-state index is 0.612. The summed E-state index contributed by atoms with van der Waals surface area (Å²) < 4.78 is 0. The molecule has 130 valence electrons. The molecular weight excluding hydrogens is 274 g/mol. The van der Waals surface area contributed by atoms with Crippen molar-refractivity contribution in [3.05, 3.63) is 0 Å². The second kappa shape index (κ2) is 12.7. The molecule has 0 aromatic heterocycles. The summed E-state index contributed by atoms with van der Waals surface area (Å²) in [5.74, 6) is 0.612. The number of aliphatic imine (C=N–C) groups is 1. The van der Waals surface area contributed by atoms with Crippen molar-refractivity contribution in [1.29, 1.82) is 0 Å². The Labute approximate surface area is 137 Å². The Hall–Kier alpha value is -0.810. The molecule has 5 heteroatoms. The number of nitrogens with one attached hydrogen (secondary N) is 1. The topological polar surface area (TPSA) is 56.9 Å². The summed E-state index contributed by atoms with van der Waals surface area (Å²) in [4.78, 5) is 9.41. The van der Waals surface area contributed by atoms with E-state index in [4.69, 9.17) is 5.73 Å². The lowest BCUT2D eigenvalue weighted by Crippen LogP contribution is -2.48. The Bertz CT molecular complexity index is 285. The molecular formula is C17H37N5. The first-order chi connectivity index (χ1) is 10.8. The fourth-order valence-electron chi connectivity index (χ4n) is 2.82. The number of likely N-dealkylation sites (N-methyl/N-ethyl adjacent to an activating group) is 1. The molecule has 1 heterocycles. The smallest absolute Gasteiger partial charge is 0.188 e. The van der Waals surface area contributed by atoms with Gasteiger partial charge < -0.3 is 16.0 Å². The largest absolute Gasteiger partial charge is 0.370 e. The van der Waals surface area contributed by atoms with Crippen LogP contribution < -0.4 is 11.1 Å². The van der Waals surface area contributed by atoms with E-state index in [0.29, 0.717) is 5.96 Å². The maximum atomic E-state index is 5.91. The molecule has 5 nitrogen and oxygen atoms in total. The highest BCUT2D eigenvalue weighted by molar-refractivity contribution is 5.77. The van der Waals surface area contributed by atoms with E-state index in [0.717, 1.165) is 26.1 Å². The van der Waals surface area contributed by atoms with E-state index in [1.807, 2.05) is 0 Å². The van der Waals surface area contributed by atoms with Crippen LogP contribution in [0.5, 0.6) is 0 Å². The third kappa shape index (κ3) is 9.26. The van der Waals surface area contributed by atoms with Crippen molar-refractivity contribution in [3.63, 3.8) is 0 Å². The average molecular weight is 312 g/mol. The van der Waals surface area contributed by atoms with E-state index >= 15 is 0 Å². The van der Waals surface area contributed by atoms with E-state index in [2.05, 4.69) is 34.0 Å². The first kappa shape index (κ1) is 19.2. The molecule has 0 bridgehead atoms. The summed E-state index contributed by atoms with van der Waals surface area (Å²) >= 11 is 0. The zero-order chi connectivity index (χ0) is 16.0. The SMILES string of the molecule is CCCCCCCCN=C(N)NCCN1CCN(CC)CC1. The highest BCUT2D eigenvalue weighted by Crippen LogP contribution is 2.04. The summed E-state index contributed by atoms with van der Waals surface area (Å²) in [6.07, 6.45) is 7.80. The van der Waals surface area contributed by atoms with Crippen LogP contribution in [0.15, 0.2) is 4.99 Å². The lowest BCUT2D eigenvalue weighted by atomic mass is 10.1. The highest BCUT2D eigenvalue weighted by atomic mass is 15.3. The first-order valence-corrected chi connectivity index (χ1v) is 9.24. The Morgan fingerprint density at radius 2 is 1.59 bits per heavy atom. The van der Waals surface area contributed by atoms with Gasteiger partial charge in [0.2, 0.25) is 0 Å². The standard InChI is InChI=1S/C17H37N5/c1-3-5-6-7-8-9-10-19-17(18)20-11-12-22-15-13-21(4-2)14-16-22/h3-16H2,1-2H3,(H3,18,19,20). The normalized spacial score (nSPS) is 17.8. The Balaban J connectivity index is 1.96. The molecule has 22 heavy (non-hydrogen) atoms. The van der Waals surface area contributed by atoms with Crippen molar-refractivity contribution >= 4 is 5.96 Å². The van der Waals surface area contributed by atoms with E-state index in [1.165, 1.54) is 64.8 Å². The van der Waals surface area contributed by atoms with Gasteiger partial charge >= 0.3 is 0 Å². The van der Waals surface area contributed by atoms with Crippen LogP contribution >= 0.6 is 0 Å². The zero-order valence-electron chi connectivity index (χ0n) is 14.8.